The summed E-state index contributed by atoms with van der Waals surface area (Å²) in [6.45, 7) is -0.295. The van der Waals surface area contributed by atoms with Crippen molar-refractivity contribution in [1.82, 2.24) is 14.5 Å². The second-order valence-corrected chi connectivity index (χ2v) is 10.8. The van der Waals surface area contributed by atoms with Crippen molar-refractivity contribution in [2.24, 2.45) is 7.05 Å². The van der Waals surface area contributed by atoms with Crippen molar-refractivity contribution < 1.29 is 35.5 Å². The molecule has 1 amide bonds. The minimum absolute atomic E-state index is 0.00121. The highest BCUT2D eigenvalue weighted by Gasteiger charge is 2.32. The fourth-order valence-electron chi connectivity index (χ4n) is 3.66. The molecule has 0 aliphatic carbocycles. The Bertz CT molecular complexity index is 1690. The number of aromatic nitrogens is 3. The highest BCUT2D eigenvalue weighted by Crippen LogP contribution is 2.36. The summed E-state index contributed by atoms with van der Waals surface area (Å²) in [6.07, 6.45) is 0.599. The largest absolute Gasteiger partial charge is 0.486 e. The zero-order valence-corrected chi connectivity index (χ0v) is 22.3. The Kier molecular flexibility index (Phi) is 8.03. The number of ether oxygens (including phenoxy) is 1. The number of sulfonamides is 1. The molecule has 210 valence electrons. The summed E-state index contributed by atoms with van der Waals surface area (Å²) in [5.41, 5.74) is -0.107. The molecule has 2 N–H and O–H groups in total. The summed E-state index contributed by atoms with van der Waals surface area (Å²) < 4.78 is 86.1. The van der Waals surface area contributed by atoms with Gasteiger partial charge in [0.05, 0.1) is 35.0 Å². The van der Waals surface area contributed by atoms with E-state index in [4.69, 9.17) is 16.3 Å². The van der Waals surface area contributed by atoms with Gasteiger partial charge in [0.1, 0.15) is 23.9 Å². The van der Waals surface area contributed by atoms with E-state index in [2.05, 4.69) is 20.0 Å². The van der Waals surface area contributed by atoms with Crippen LogP contribution in [0.3, 0.4) is 0 Å². The van der Waals surface area contributed by atoms with E-state index in [-0.39, 0.29) is 51.3 Å². The van der Waals surface area contributed by atoms with E-state index in [0.717, 1.165) is 24.6 Å². The summed E-state index contributed by atoms with van der Waals surface area (Å²) in [7, 11) is -2.05. The molecule has 9 nitrogen and oxygen atoms in total. The molecule has 1 aromatic carbocycles. The van der Waals surface area contributed by atoms with Crippen LogP contribution in [0.15, 0.2) is 61.2 Å². The molecule has 15 heteroatoms. The summed E-state index contributed by atoms with van der Waals surface area (Å²) in [5, 5.41) is 2.75. The number of carbonyl (C=O) groups is 1. The number of nitrogens with zero attached hydrogens (tertiary/aromatic N) is 3. The Morgan fingerprint density at radius 2 is 1.80 bits per heavy atom. The quantitative estimate of drug-likeness (QED) is 0.259. The van der Waals surface area contributed by atoms with Gasteiger partial charge in [0.2, 0.25) is 10.0 Å². The van der Waals surface area contributed by atoms with Crippen LogP contribution in [0.2, 0.25) is 5.02 Å². The number of hydrogen-bond donors (Lipinski definition) is 2. The normalized spacial score (nSPS) is 11.8. The van der Waals surface area contributed by atoms with Gasteiger partial charge in [-0.2, -0.15) is 13.2 Å². The van der Waals surface area contributed by atoms with Gasteiger partial charge in [-0.05, 0) is 36.4 Å². The van der Waals surface area contributed by atoms with E-state index in [1.54, 1.807) is 7.05 Å². The van der Waals surface area contributed by atoms with Crippen molar-refractivity contribution in [2.45, 2.75) is 12.8 Å². The molecule has 3 heterocycles. The van der Waals surface area contributed by atoms with Crippen LogP contribution in [0, 0.1) is 5.82 Å². The molecule has 0 atom stereocenters. The molecule has 0 aliphatic rings. The topological polar surface area (TPSA) is 115 Å². The Hall–Kier alpha value is -4.17. The monoisotopic (exact) mass is 597 g/mol. The van der Waals surface area contributed by atoms with Crippen molar-refractivity contribution in [3.05, 3.63) is 88.7 Å². The number of carbonyl (C=O) groups excluding carboxylic acids is 1. The Balaban J connectivity index is 1.64. The lowest BCUT2D eigenvalue weighted by atomic mass is 10.1. The van der Waals surface area contributed by atoms with Crippen LogP contribution < -0.4 is 14.8 Å². The predicted octanol–water partition coefficient (Wildman–Crippen LogP) is 5.50. The maximum Gasteiger partial charge on any atom is 0.418 e. The summed E-state index contributed by atoms with van der Waals surface area (Å²) >= 11 is 6.05. The minimum atomic E-state index is -4.70. The molecule has 0 saturated heterocycles. The molecule has 0 saturated carbocycles. The van der Waals surface area contributed by atoms with Gasteiger partial charge in [0.25, 0.3) is 5.91 Å². The lowest BCUT2D eigenvalue weighted by molar-refractivity contribution is -0.137. The number of hydrogen-bond acceptors (Lipinski definition) is 6. The average molecular weight is 598 g/mol. The first kappa shape index (κ1) is 28.8. The van der Waals surface area contributed by atoms with Crippen molar-refractivity contribution >= 4 is 38.9 Å². The molecule has 0 unspecified atom stereocenters. The van der Waals surface area contributed by atoms with Gasteiger partial charge in [-0.3, -0.25) is 19.5 Å². The number of halogens is 5. The van der Waals surface area contributed by atoms with E-state index in [1.165, 1.54) is 41.2 Å². The second kappa shape index (κ2) is 11.1. The number of amides is 1. The first-order valence-electron chi connectivity index (χ1n) is 11.2. The van der Waals surface area contributed by atoms with E-state index in [9.17, 15) is 30.8 Å². The van der Waals surface area contributed by atoms with Gasteiger partial charge in [-0.15, -0.1) is 0 Å². The lowest BCUT2D eigenvalue weighted by Gasteiger charge is -2.14. The zero-order chi connectivity index (χ0) is 29.2. The SMILES string of the molecule is Cn1cc(C(=O)Nc2cc(Cl)cc(NS(C)(=O)=O)c2)cc1-c1ncc(C(F)(F)F)cc1OCc1cncc(F)c1. The third-order valence-corrected chi connectivity index (χ3v) is 6.13. The second-order valence-electron chi connectivity index (χ2n) is 8.65. The number of rotatable bonds is 8. The third kappa shape index (κ3) is 7.27. The van der Waals surface area contributed by atoms with Gasteiger partial charge in [0.15, 0.2) is 0 Å². The lowest BCUT2D eigenvalue weighted by Crippen LogP contribution is -2.13. The molecule has 4 rings (SSSR count). The van der Waals surface area contributed by atoms with Crippen LogP contribution in [0.1, 0.15) is 21.5 Å². The first-order valence-corrected chi connectivity index (χ1v) is 13.5. The van der Waals surface area contributed by atoms with Gasteiger partial charge >= 0.3 is 6.18 Å². The predicted molar refractivity (Wildman–Crippen MR) is 140 cm³/mol. The summed E-state index contributed by atoms with van der Waals surface area (Å²) in [6, 6.07) is 7.41. The average Bonchev–Trinajstić information content (AvgIpc) is 3.22. The minimum Gasteiger partial charge on any atom is -0.486 e. The zero-order valence-electron chi connectivity index (χ0n) is 20.8. The Morgan fingerprint density at radius 3 is 2.48 bits per heavy atom. The Morgan fingerprint density at radius 1 is 1.07 bits per heavy atom. The van der Waals surface area contributed by atoms with Crippen LogP contribution in [0.5, 0.6) is 5.75 Å². The summed E-state index contributed by atoms with van der Waals surface area (Å²) in [4.78, 5) is 20.6. The third-order valence-electron chi connectivity index (χ3n) is 5.30. The van der Waals surface area contributed by atoms with Crippen LogP contribution in [-0.2, 0) is 29.9 Å². The molecular weight excluding hydrogens is 578 g/mol. The molecule has 40 heavy (non-hydrogen) atoms. The van der Waals surface area contributed by atoms with E-state index < -0.39 is 33.5 Å². The molecule has 0 aliphatic heterocycles. The molecule has 0 bridgehead atoms. The van der Waals surface area contributed by atoms with Crippen LogP contribution in [-0.4, -0.2) is 35.1 Å². The smallest absolute Gasteiger partial charge is 0.418 e. The highest BCUT2D eigenvalue weighted by atomic mass is 35.5. The molecule has 0 radical (unpaired) electrons. The van der Waals surface area contributed by atoms with Crippen LogP contribution in [0.25, 0.3) is 11.4 Å². The highest BCUT2D eigenvalue weighted by molar-refractivity contribution is 7.92. The van der Waals surface area contributed by atoms with Crippen molar-refractivity contribution in [3.8, 4) is 17.1 Å². The van der Waals surface area contributed by atoms with Crippen LogP contribution in [0.4, 0.5) is 28.9 Å². The van der Waals surface area contributed by atoms with Crippen molar-refractivity contribution in [2.75, 3.05) is 16.3 Å². The number of aryl methyl sites for hydroxylation is 1. The van der Waals surface area contributed by atoms with Crippen molar-refractivity contribution in [3.63, 3.8) is 0 Å². The van der Waals surface area contributed by atoms with Gasteiger partial charge in [-0.25, -0.2) is 12.8 Å². The summed E-state index contributed by atoms with van der Waals surface area (Å²) in [5.74, 6) is -1.51. The Labute approximate surface area is 230 Å². The molecular formula is C25H20ClF4N5O4S. The number of pyridine rings is 2. The molecule has 4 aromatic rings. The van der Waals surface area contributed by atoms with Gasteiger partial charge < -0.3 is 14.6 Å². The van der Waals surface area contributed by atoms with Gasteiger partial charge in [-0.1, -0.05) is 11.6 Å². The van der Waals surface area contributed by atoms with E-state index in [0.29, 0.717) is 6.20 Å². The number of alkyl halides is 3. The fourth-order valence-corrected chi connectivity index (χ4v) is 4.44. The maximum absolute atomic E-state index is 13.5. The van der Waals surface area contributed by atoms with Crippen LogP contribution >= 0.6 is 11.6 Å². The number of anilines is 2. The molecule has 0 fully saturated rings. The van der Waals surface area contributed by atoms with E-state index in [1.807, 2.05) is 0 Å². The number of benzene rings is 1. The molecule has 0 spiro atoms. The standard InChI is InChI=1S/C25H20ClF4N5O4S/c1-35-12-15(24(36)33-19-6-17(26)7-20(8-19)34-40(2,37)38)4-21(35)23-22(5-16(10-32-23)25(28,29)30)39-13-14-3-18(27)11-31-9-14/h3-12,34H,13H2,1-2H3,(H,33,36). The van der Waals surface area contributed by atoms with Crippen molar-refractivity contribution in [1.29, 1.82) is 0 Å². The van der Waals surface area contributed by atoms with Gasteiger partial charge in [0, 0.05) is 41.9 Å². The van der Waals surface area contributed by atoms with E-state index >= 15 is 0 Å². The first-order chi connectivity index (χ1) is 18.7. The number of nitrogens with one attached hydrogen (secondary N) is 2. The fraction of sp³-hybridized carbons (Fsp3) is 0.160. The molecule has 3 aromatic heterocycles. The maximum atomic E-state index is 13.5.